The Morgan fingerprint density at radius 3 is 2.43 bits per heavy atom. The first kappa shape index (κ1) is 19.5. The number of benzene rings is 1. The van der Waals surface area contributed by atoms with Gasteiger partial charge in [0.2, 0.25) is 0 Å². The van der Waals surface area contributed by atoms with Crippen molar-refractivity contribution >= 4 is 24.3 Å². The van der Waals surface area contributed by atoms with Crippen molar-refractivity contribution in [1.29, 1.82) is 0 Å². The molecule has 1 atom stereocenters. The SMILES string of the molecule is COc1ccc(/C=C2\CCC(C)(CN(C)C)C2=O)cc1OC.Cl. The van der Waals surface area contributed by atoms with Crippen LogP contribution >= 0.6 is 12.4 Å². The lowest BCUT2D eigenvalue weighted by atomic mass is 9.86. The van der Waals surface area contributed by atoms with Gasteiger partial charge in [-0.05, 0) is 56.3 Å². The molecule has 0 aliphatic heterocycles. The van der Waals surface area contributed by atoms with Gasteiger partial charge in [0.05, 0.1) is 14.2 Å². The van der Waals surface area contributed by atoms with Crippen LogP contribution in [0.3, 0.4) is 0 Å². The van der Waals surface area contributed by atoms with Crippen molar-refractivity contribution in [3.05, 3.63) is 29.3 Å². The van der Waals surface area contributed by atoms with Crippen LogP contribution in [0, 0.1) is 5.41 Å². The molecule has 1 unspecified atom stereocenters. The number of hydrogen-bond acceptors (Lipinski definition) is 4. The highest BCUT2D eigenvalue weighted by molar-refractivity contribution is 6.05. The zero-order valence-corrected chi connectivity index (χ0v) is 15.3. The van der Waals surface area contributed by atoms with Crippen LogP contribution in [0.25, 0.3) is 6.08 Å². The van der Waals surface area contributed by atoms with Crippen molar-refractivity contribution in [2.75, 3.05) is 34.9 Å². The number of carbonyl (C=O) groups excluding carboxylic acids is 1. The number of methoxy groups -OCH3 is 2. The van der Waals surface area contributed by atoms with Gasteiger partial charge < -0.3 is 14.4 Å². The van der Waals surface area contributed by atoms with Crippen molar-refractivity contribution in [3.63, 3.8) is 0 Å². The molecule has 5 heteroatoms. The maximum Gasteiger partial charge on any atom is 0.166 e. The molecule has 1 aromatic rings. The van der Waals surface area contributed by atoms with E-state index in [-0.39, 0.29) is 23.6 Å². The molecule has 4 nitrogen and oxygen atoms in total. The van der Waals surface area contributed by atoms with E-state index in [9.17, 15) is 4.79 Å². The van der Waals surface area contributed by atoms with Crippen LogP contribution in [0.1, 0.15) is 25.3 Å². The molecule has 23 heavy (non-hydrogen) atoms. The van der Waals surface area contributed by atoms with Crippen LogP contribution in [-0.4, -0.2) is 45.5 Å². The summed E-state index contributed by atoms with van der Waals surface area (Å²) in [6, 6.07) is 5.72. The number of Topliss-reactive ketones (excluding diaryl/α,β-unsaturated/α-hetero) is 1. The van der Waals surface area contributed by atoms with Gasteiger partial charge in [0.1, 0.15) is 0 Å². The number of hydrogen-bond donors (Lipinski definition) is 0. The van der Waals surface area contributed by atoms with E-state index in [0.29, 0.717) is 11.5 Å². The molecule has 0 bridgehead atoms. The van der Waals surface area contributed by atoms with Crippen molar-refractivity contribution in [1.82, 2.24) is 4.90 Å². The predicted octanol–water partition coefficient (Wildman–Crippen LogP) is 3.44. The topological polar surface area (TPSA) is 38.8 Å². The van der Waals surface area contributed by atoms with E-state index in [1.54, 1.807) is 14.2 Å². The first-order chi connectivity index (χ1) is 10.4. The molecular formula is C18H26ClNO3. The minimum atomic E-state index is -0.272. The molecule has 0 amide bonds. The van der Waals surface area contributed by atoms with Crippen LogP contribution in [-0.2, 0) is 4.79 Å². The number of rotatable bonds is 5. The summed E-state index contributed by atoms with van der Waals surface area (Å²) in [5.41, 5.74) is 1.60. The third-order valence-electron chi connectivity index (χ3n) is 4.20. The van der Waals surface area contributed by atoms with E-state index < -0.39 is 0 Å². The fourth-order valence-electron chi connectivity index (χ4n) is 3.16. The van der Waals surface area contributed by atoms with Crippen LogP contribution in [0.15, 0.2) is 23.8 Å². The molecule has 0 radical (unpaired) electrons. The highest BCUT2D eigenvalue weighted by Gasteiger charge is 2.40. The van der Waals surface area contributed by atoms with Gasteiger partial charge in [-0.15, -0.1) is 12.4 Å². The molecule has 0 aromatic heterocycles. The summed E-state index contributed by atoms with van der Waals surface area (Å²) in [4.78, 5) is 14.8. The lowest BCUT2D eigenvalue weighted by Gasteiger charge is -2.25. The quantitative estimate of drug-likeness (QED) is 0.770. The van der Waals surface area contributed by atoms with E-state index in [2.05, 4.69) is 11.8 Å². The second kappa shape index (κ2) is 7.84. The Balaban J connectivity index is 0.00000264. The monoisotopic (exact) mass is 339 g/mol. The summed E-state index contributed by atoms with van der Waals surface area (Å²) in [5, 5.41) is 0. The van der Waals surface area contributed by atoms with E-state index in [1.807, 2.05) is 38.4 Å². The van der Waals surface area contributed by atoms with Crippen molar-refractivity contribution in [3.8, 4) is 11.5 Å². The summed E-state index contributed by atoms with van der Waals surface area (Å²) in [5.74, 6) is 1.63. The fraction of sp³-hybridized carbons (Fsp3) is 0.500. The molecule has 1 saturated carbocycles. The Labute approximate surface area is 144 Å². The van der Waals surface area contributed by atoms with Gasteiger partial charge in [-0.1, -0.05) is 13.0 Å². The molecule has 0 N–H and O–H groups in total. The Bertz CT molecular complexity index is 598. The Morgan fingerprint density at radius 2 is 1.87 bits per heavy atom. The number of carbonyl (C=O) groups is 1. The zero-order chi connectivity index (χ0) is 16.3. The molecule has 1 fully saturated rings. The minimum Gasteiger partial charge on any atom is -0.493 e. The average molecular weight is 340 g/mol. The van der Waals surface area contributed by atoms with Gasteiger partial charge in [0, 0.05) is 12.0 Å². The Hall–Kier alpha value is -1.52. The predicted molar refractivity (Wildman–Crippen MR) is 95.7 cm³/mol. The molecule has 128 valence electrons. The summed E-state index contributed by atoms with van der Waals surface area (Å²) in [6.07, 6.45) is 3.71. The van der Waals surface area contributed by atoms with Crippen molar-refractivity contribution in [2.24, 2.45) is 5.41 Å². The standard InChI is InChI=1S/C18H25NO3.ClH/c1-18(12-19(2)3)9-8-14(17(18)20)10-13-6-7-15(21-4)16(11-13)22-5;/h6-7,10-11H,8-9,12H2,1-5H3;1H/b14-10+;. The number of ether oxygens (including phenoxy) is 2. The van der Waals surface area contributed by atoms with Crippen LogP contribution < -0.4 is 9.47 Å². The third kappa shape index (κ3) is 4.27. The van der Waals surface area contributed by atoms with Crippen LogP contribution in [0.4, 0.5) is 0 Å². The highest BCUT2D eigenvalue weighted by Crippen LogP contribution is 2.39. The number of allylic oxidation sites excluding steroid dienone is 1. The molecule has 0 saturated heterocycles. The number of nitrogens with zero attached hydrogens (tertiary/aromatic N) is 1. The van der Waals surface area contributed by atoms with Crippen LogP contribution in [0.2, 0.25) is 0 Å². The van der Waals surface area contributed by atoms with Gasteiger partial charge in [-0.25, -0.2) is 0 Å². The molecule has 2 rings (SSSR count). The molecule has 0 heterocycles. The third-order valence-corrected chi connectivity index (χ3v) is 4.20. The fourth-order valence-corrected chi connectivity index (χ4v) is 3.16. The summed E-state index contributed by atoms with van der Waals surface area (Å²) >= 11 is 0. The van der Waals surface area contributed by atoms with E-state index in [1.165, 1.54) is 0 Å². The average Bonchev–Trinajstić information content (AvgIpc) is 2.74. The molecule has 1 aromatic carbocycles. The van der Waals surface area contributed by atoms with Gasteiger partial charge in [-0.3, -0.25) is 4.79 Å². The number of halogens is 1. The Kier molecular flexibility index (Phi) is 6.66. The van der Waals surface area contributed by atoms with E-state index in [0.717, 1.165) is 30.5 Å². The lowest BCUT2D eigenvalue weighted by molar-refractivity contribution is -0.122. The zero-order valence-electron chi connectivity index (χ0n) is 14.5. The summed E-state index contributed by atoms with van der Waals surface area (Å²) < 4.78 is 10.6. The largest absolute Gasteiger partial charge is 0.493 e. The first-order valence-electron chi connectivity index (χ1n) is 7.52. The van der Waals surface area contributed by atoms with Gasteiger partial charge >= 0.3 is 0 Å². The Morgan fingerprint density at radius 1 is 1.22 bits per heavy atom. The summed E-state index contributed by atoms with van der Waals surface area (Å²) in [7, 11) is 7.25. The lowest BCUT2D eigenvalue weighted by Crippen LogP contribution is -2.34. The summed E-state index contributed by atoms with van der Waals surface area (Å²) in [6.45, 7) is 2.85. The smallest absolute Gasteiger partial charge is 0.166 e. The first-order valence-corrected chi connectivity index (χ1v) is 7.52. The van der Waals surface area contributed by atoms with E-state index >= 15 is 0 Å². The van der Waals surface area contributed by atoms with Gasteiger partial charge in [-0.2, -0.15) is 0 Å². The molecular weight excluding hydrogens is 314 g/mol. The van der Waals surface area contributed by atoms with Gasteiger partial charge in [0.25, 0.3) is 0 Å². The second-order valence-corrected chi connectivity index (χ2v) is 6.41. The van der Waals surface area contributed by atoms with Crippen molar-refractivity contribution < 1.29 is 14.3 Å². The molecule has 0 spiro atoms. The van der Waals surface area contributed by atoms with Crippen LogP contribution in [0.5, 0.6) is 11.5 Å². The maximum absolute atomic E-state index is 12.7. The molecule has 1 aliphatic carbocycles. The second-order valence-electron chi connectivity index (χ2n) is 6.41. The highest BCUT2D eigenvalue weighted by atomic mass is 35.5. The number of ketones is 1. The minimum absolute atomic E-state index is 0. The normalized spacial score (nSPS) is 22.3. The van der Waals surface area contributed by atoms with Crippen molar-refractivity contribution in [2.45, 2.75) is 19.8 Å². The van der Waals surface area contributed by atoms with Gasteiger partial charge in [0.15, 0.2) is 17.3 Å². The maximum atomic E-state index is 12.7. The van der Waals surface area contributed by atoms with E-state index in [4.69, 9.17) is 9.47 Å². The molecule has 1 aliphatic rings.